The zero-order valence-electron chi connectivity index (χ0n) is 16.2. The van der Waals surface area contributed by atoms with E-state index in [-0.39, 0.29) is 17.5 Å². The van der Waals surface area contributed by atoms with Gasteiger partial charge in [-0.2, -0.15) is 0 Å². The Labute approximate surface area is 157 Å². The van der Waals surface area contributed by atoms with Crippen LogP contribution in [0.15, 0.2) is 24.3 Å². The molecule has 2 aliphatic carbocycles. The quantitative estimate of drug-likeness (QED) is 0.648. The van der Waals surface area contributed by atoms with Crippen molar-refractivity contribution in [1.82, 2.24) is 0 Å². The Balaban J connectivity index is 1.47. The number of ether oxygens (including phenoxy) is 1. The van der Waals surface area contributed by atoms with E-state index in [9.17, 15) is 9.59 Å². The molecule has 3 nitrogen and oxygen atoms in total. The molecule has 0 aromatic heterocycles. The number of rotatable bonds is 6. The maximum Gasteiger partial charge on any atom is 0.143 e. The summed E-state index contributed by atoms with van der Waals surface area (Å²) in [5.41, 5.74) is 1.38. The number of benzene rings is 1. The van der Waals surface area contributed by atoms with Gasteiger partial charge in [0, 0.05) is 12.8 Å². The fourth-order valence-corrected chi connectivity index (χ4v) is 4.67. The minimum Gasteiger partial charge on any atom is -0.494 e. The molecule has 0 aliphatic heterocycles. The molecule has 0 heterocycles. The van der Waals surface area contributed by atoms with Gasteiger partial charge in [-0.3, -0.25) is 9.59 Å². The number of ketones is 2. The van der Waals surface area contributed by atoms with E-state index >= 15 is 0 Å². The van der Waals surface area contributed by atoms with Crippen molar-refractivity contribution in [3.63, 3.8) is 0 Å². The second-order valence-electron chi connectivity index (χ2n) is 8.30. The summed E-state index contributed by atoms with van der Waals surface area (Å²) in [5, 5.41) is 0. The highest BCUT2D eigenvalue weighted by molar-refractivity contribution is 6.02. The molecule has 2 aliphatic rings. The van der Waals surface area contributed by atoms with Crippen LogP contribution in [0.4, 0.5) is 0 Å². The predicted molar refractivity (Wildman–Crippen MR) is 103 cm³/mol. The van der Waals surface area contributed by atoms with Gasteiger partial charge in [-0.1, -0.05) is 19.1 Å². The van der Waals surface area contributed by atoms with E-state index in [0.717, 1.165) is 44.3 Å². The first kappa shape index (κ1) is 19.1. The van der Waals surface area contributed by atoms with Gasteiger partial charge in [0.2, 0.25) is 0 Å². The molecule has 2 saturated carbocycles. The van der Waals surface area contributed by atoms with E-state index in [1.54, 1.807) is 0 Å². The number of hydrogen-bond donors (Lipinski definition) is 0. The second-order valence-corrected chi connectivity index (χ2v) is 8.30. The summed E-state index contributed by atoms with van der Waals surface area (Å²) in [6.07, 6.45) is 7.49. The molecule has 2 unspecified atom stereocenters. The predicted octanol–water partition coefficient (Wildman–Crippen LogP) is 5.32. The van der Waals surface area contributed by atoms with Gasteiger partial charge in [-0.25, -0.2) is 0 Å². The lowest BCUT2D eigenvalue weighted by atomic mass is 9.73. The lowest BCUT2D eigenvalue weighted by molar-refractivity contribution is -0.135. The Morgan fingerprint density at radius 3 is 2.35 bits per heavy atom. The van der Waals surface area contributed by atoms with Crippen LogP contribution in [-0.4, -0.2) is 18.2 Å². The van der Waals surface area contributed by atoms with E-state index in [1.807, 2.05) is 6.92 Å². The average molecular weight is 357 g/mol. The zero-order valence-corrected chi connectivity index (χ0v) is 16.2. The Morgan fingerprint density at radius 2 is 1.73 bits per heavy atom. The van der Waals surface area contributed by atoms with Crippen molar-refractivity contribution in [2.24, 2.45) is 17.8 Å². The van der Waals surface area contributed by atoms with Crippen LogP contribution in [0.25, 0.3) is 0 Å². The summed E-state index contributed by atoms with van der Waals surface area (Å²) < 4.78 is 5.52. The monoisotopic (exact) mass is 356 g/mol. The summed E-state index contributed by atoms with van der Waals surface area (Å²) in [4.78, 5) is 24.8. The average Bonchev–Trinajstić information content (AvgIpc) is 2.63. The standard InChI is InChI=1S/C23H32O3/c1-3-26-20-11-9-19(10-12-20)18-7-5-17(6-8-18)15-23(25)21-13-4-16(2)14-22(21)24/h9-12,16-18,21H,3-8,13-15H2,1-2H3. The molecule has 0 amide bonds. The van der Waals surface area contributed by atoms with Crippen molar-refractivity contribution in [3.05, 3.63) is 29.8 Å². The van der Waals surface area contributed by atoms with Crippen molar-refractivity contribution in [2.45, 2.75) is 71.1 Å². The van der Waals surface area contributed by atoms with Gasteiger partial charge in [0.1, 0.15) is 17.3 Å². The maximum absolute atomic E-state index is 12.6. The molecule has 1 aromatic carbocycles. The van der Waals surface area contributed by atoms with Crippen LogP contribution in [0.2, 0.25) is 0 Å². The summed E-state index contributed by atoms with van der Waals surface area (Å²) >= 11 is 0. The lowest BCUT2D eigenvalue weighted by Crippen LogP contribution is -2.31. The largest absolute Gasteiger partial charge is 0.494 e. The molecule has 0 spiro atoms. The molecule has 0 radical (unpaired) electrons. The highest BCUT2D eigenvalue weighted by atomic mass is 16.5. The first-order valence-electron chi connectivity index (χ1n) is 10.3. The molecule has 3 heteroatoms. The van der Waals surface area contributed by atoms with Crippen molar-refractivity contribution < 1.29 is 14.3 Å². The van der Waals surface area contributed by atoms with E-state index < -0.39 is 0 Å². The smallest absolute Gasteiger partial charge is 0.143 e. The molecule has 2 atom stereocenters. The van der Waals surface area contributed by atoms with Crippen molar-refractivity contribution in [1.29, 1.82) is 0 Å². The van der Waals surface area contributed by atoms with Crippen LogP contribution < -0.4 is 4.74 Å². The van der Waals surface area contributed by atoms with Crippen molar-refractivity contribution >= 4 is 11.6 Å². The Morgan fingerprint density at radius 1 is 1.04 bits per heavy atom. The fraction of sp³-hybridized carbons (Fsp3) is 0.652. The lowest BCUT2D eigenvalue weighted by Gasteiger charge is -2.30. The van der Waals surface area contributed by atoms with Crippen LogP contribution in [0, 0.1) is 17.8 Å². The first-order chi connectivity index (χ1) is 12.6. The summed E-state index contributed by atoms with van der Waals surface area (Å²) in [5.74, 6) is 2.55. The van der Waals surface area contributed by atoms with E-state index in [2.05, 4.69) is 31.2 Å². The van der Waals surface area contributed by atoms with Crippen molar-refractivity contribution in [3.8, 4) is 5.75 Å². The molecule has 142 valence electrons. The third-order valence-electron chi connectivity index (χ3n) is 6.27. The summed E-state index contributed by atoms with van der Waals surface area (Å²) in [6.45, 7) is 4.81. The van der Waals surface area contributed by atoms with Crippen molar-refractivity contribution in [2.75, 3.05) is 6.61 Å². The minimum atomic E-state index is -0.296. The molecule has 0 N–H and O–H groups in total. The number of hydrogen-bond acceptors (Lipinski definition) is 3. The van der Waals surface area contributed by atoms with Crippen LogP contribution in [0.3, 0.4) is 0 Å². The van der Waals surface area contributed by atoms with Gasteiger partial charge in [0.15, 0.2) is 0 Å². The molecule has 1 aromatic rings. The second kappa shape index (κ2) is 8.83. The fourth-order valence-electron chi connectivity index (χ4n) is 4.67. The number of Topliss-reactive ketones (excluding diaryl/α,β-unsaturated/α-hetero) is 2. The highest BCUT2D eigenvalue weighted by Gasteiger charge is 2.33. The van der Waals surface area contributed by atoms with Gasteiger partial charge >= 0.3 is 0 Å². The molecular weight excluding hydrogens is 324 g/mol. The molecule has 2 fully saturated rings. The van der Waals surface area contributed by atoms with E-state index in [4.69, 9.17) is 4.74 Å². The van der Waals surface area contributed by atoms with Crippen LogP contribution >= 0.6 is 0 Å². The summed E-state index contributed by atoms with van der Waals surface area (Å²) in [7, 11) is 0. The molecular formula is C23H32O3. The van der Waals surface area contributed by atoms with Gasteiger partial charge in [0.05, 0.1) is 12.5 Å². The normalized spacial score (nSPS) is 29.4. The first-order valence-corrected chi connectivity index (χ1v) is 10.3. The maximum atomic E-state index is 12.6. The molecule has 3 rings (SSSR count). The highest BCUT2D eigenvalue weighted by Crippen LogP contribution is 2.38. The SMILES string of the molecule is CCOc1ccc(C2CCC(CC(=O)C3CCC(C)CC3=O)CC2)cc1. The Kier molecular flexibility index (Phi) is 6.50. The summed E-state index contributed by atoms with van der Waals surface area (Å²) in [6, 6.07) is 8.49. The number of carbonyl (C=O) groups excluding carboxylic acids is 2. The Bertz CT molecular complexity index is 611. The number of carbonyl (C=O) groups is 2. The van der Waals surface area contributed by atoms with E-state index in [1.165, 1.54) is 5.56 Å². The topological polar surface area (TPSA) is 43.4 Å². The van der Waals surface area contributed by atoms with Gasteiger partial charge in [0.25, 0.3) is 0 Å². The van der Waals surface area contributed by atoms with Crippen LogP contribution in [0.5, 0.6) is 5.75 Å². The van der Waals surface area contributed by atoms with E-state index in [0.29, 0.717) is 37.2 Å². The molecule has 26 heavy (non-hydrogen) atoms. The third kappa shape index (κ3) is 4.75. The van der Waals surface area contributed by atoms with Crippen LogP contribution in [-0.2, 0) is 9.59 Å². The third-order valence-corrected chi connectivity index (χ3v) is 6.27. The van der Waals surface area contributed by atoms with Gasteiger partial charge in [-0.05, 0) is 80.9 Å². The minimum absolute atomic E-state index is 0.192. The molecule has 0 bridgehead atoms. The molecule has 0 saturated heterocycles. The van der Waals surface area contributed by atoms with Gasteiger partial charge < -0.3 is 4.74 Å². The Hall–Kier alpha value is -1.64. The van der Waals surface area contributed by atoms with Gasteiger partial charge in [-0.15, -0.1) is 0 Å². The zero-order chi connectivity index (χ0) is 18.5. The van der Waals surface area contributed by atoms with Crippen LogP contribution in [0.1, 0.15) is 76.7 Å².